The van der Waals surface area contributed by atoms with Gasteiger partial charge in [-0.3, -0.25) is 0 Å². The smallest absolute Gasteiger partial charge is 0.272 e. The van der Waals surface area contributed by atoms with E-state index in [4.69, 9.17) is 10.2 Å². The van der Waals surface area contributed by atoms with Crippen molar-refractivity contribution in [2.45, 2.75) is 17.8 Å². The van der Waals surface area contributed by atoms with Gasteiger partial charge in [-0.05, 0) is 13.0 Å². The van der Waals surface area contributed by atoms with Gasteiger partial charge in [0.2, 0.25) is 9.47 Å². The lowest BCUT2D eigenvalue weighted by Crippen LogP contribution is -2.26. The van der Waals surface area contributed by atoms with Crippen LogP contribution in [-0.2, 0) is 16.6 Å². The summed E-state index contributed by atoms with van der Waals surface area (Å²) in [5.41, 5.74) is 6.19. The summed E-state index contributed by atoms with van der Waals surface area (Å²) in [4.78, 5) is 0. The van der Waals surface area contributed by atoms with Gasteiger partial charge in [-0.1, -0.05) is 11.3 Å². The van der Waals surface area contributed by atoms with Crippen molar-refractivity contribution in [2.24, 2.45) is 0 Å². The van der Waals surface area contributed by atoms with Crippen LogP contribution in [0.25, 0.3) is 0 Å². The molecule has 0 unspecified atom stereocenters. The number of aryl methyl sites for hydroxylation is 1. The Bertz CT molecular complexity index is 646. The Kier molecular flexibility index (Phi) is 3.37. The predicted molar refractivity (Wildman–Crippen MR) is 66.4 cm³/mol. The molecule has 0 atom stereocenters. The van der Waals surface area contributed by atoms with Gasteiger partial charge in [0, 0.05) is 19.2 Å². The first-order valence-corrected chi connectivity index (χ1v) is 7.25. The minimum absolute atomic E-state index is 0.108. The molecule has 0 saturated carbocycles. The van der Waals surface area contributed by atoms with E-state index in [2.05, 4.69) is 10.2 Å². The Morgan fingerprint density at radius 3 is 2.72 bits per heavy atom. The molecule has 0 aliphatic carbocycles. The van der Waals surface area contributed by atoms with Gasteiger partial charge in [0.1, 0.15) is 5.76 Å². The molecule has 2 heterocycles. The van der Waals surface area contributed by atoms with E-state index < -0.39 is 10.0 Å². The van der Waals surface area contributed by atoms with Gasteiger partial charge in [0.25, 0.3) is 10.0 Å². The number of furan rings is 1. The van der Waals surface area contributed by atoms with Crippen molar-refractivity contribution < 1.29 is 12.8 Å². The molecule has 0 radical (unpaired) electrons. The van der Waals surface area contributed by atoms with Crippen LogP contribution < -0.4 is 5.73 Å². The van der Waals surface area contributed by atoms with Crippen molar-refractivity contribution in [3.8, 4) is 0 Å². The summed E-state index contributed by atoms with van der Waals surface area (Å²) >= 11 is 0.842. The summed E-state index contributed by atoms with van der Waals surface area (Å²) in [7, 11) is -2.18. The summed E-state index contributed by atoms with van der Waals surface area (Å²) in [6.45, 7) is 1.99. The third-order valence-corrected chi connectivity index (χ3v) is 5.31. The molecule has 0 aliphatic rings. The number of rotatable bonds is 4. The summed E-state index contributed by atoms with van der Waals surface area (Å²) < 4.78 is 30.5. The molecule has 2 rings (SSSR count). The Labute approximate surface area is 108 Å². The Balaban J connectivity index is 2.23. The fourth-order valence-electron chi connectivity index (χ4n) is 1.36. The second kappa shape index (κ2) is 4.67. The van der Waals surface area contributed by atoms with Gasteiger partial charge in [0.05, 0.1) is 6.26 Å². The molecule has 0 spiro atoms. The van der Waals surface area contributed by atoms with E-state index in [-0.39, 0.29) is 16.0 Å². The molecule has 2 aromatic rings. The average Bonchev–Trinajstić information content (AvgIpc) is 2.89. The fraction of sp³-hybridized carbons (Fsp3) is 0.333. The Hall–Kier alpha value is -1.45. The molecule has 2 aromatic heterocycles. The van der Waals surface area contributed by atoms with Gasteiger partial charge < -0.3 is 10.2 Å². The molecule has 0 bridgehead atoms. The maximum atomic E-state index is 12.1. The average molecular weight is 288 g/mol. The van der Waals surface area contributed by atoms with Crippen LogP contribution in [0.4, 0.5) is 5.13 Å². The second-order valence-electron chi connectivity index (χ2n) is 3.67. The van der Waals surface area contributed by atoms with Gasteiger partial charge in [-0.25, -0.2) is 8.42 Å². The van der Waals surface area contributed by atoms with Crippen molar-refractivity contribution in [3.63, 3.8) is 0 Å². The van der Waals surface area contributed by atoms with Crippen LogP contribution in [0.15, 0.2) is 21.1 Å². The minimum atomic E-state index is -3.65. The highest BCUT2D eigenvalue weighted by atomic mass is 32.2. The van der Waals surface area contributed by atoms with Crippen molar-refractivity contribution in [1.82, 2.24) is 14.5 Å². The van der Waals surface area contributed by atoms with Crippen molar-refractivity contribution >= 4 is 26.5 Å². The number of hydrogen-bond acceptors (Lipinski definition) is 7. The number of nitrogen functional groups attached to an aromatic ring is 1. The summed E-state index contributed by atoms with van der Waals surface area (Å²) in [6.07, 6.45) is 1.52. The lowest BCUT2D eigenvalue weighted by atomic mass is 10.3. The van der Waals surface area contributed by atoms with E-state index in [1.54, 1.807) is 13.0 Å². The highest BCUT2D eigenvalue weighted by molar-refractivity contribution is 7.91. The second-order valence-corrected chi connectivity index (χ2v) is 6.90. The monoisotopic (exact) mass is 288 g/mol. The van der Waals surface area contributed by atoms with E-state index in [0.717, 1.165) is 16.9 Å². The zero-order valence-corrected chi connectivity index (χ0v) is 11.5. The molecule has 18 heavy (non-hydrogen) atoms. The first kappa shape index (κ1) is 13.0. The molecular weight excluding hydrogens is 276 g/mol. The van der Waals surface area contributed by atoms with Crippen LogP contribution in [0.1, 0.15) is 11.3 Å². The minimum Gasteiger partial charge on any atom is -0.469 e. The quantitative estimate of drug-likeness (QED) is 0.894. The number of nitrogens with two attached hydrogens (primary N) is 1. The SMILES string of the molecule is Cc1occc1CN(C)S(=O)(=O)c1nnc(N)s1. The molecule has 0 aliphatic heterocycles. The van der Waals surface area contributed by atoms with Crippen LogP contribution in [0.3, 0.4) is 0 Å². The normalized spacial score (nSPS) is 12.2. The molecule has 0 aromatic carbocycles. The van der Waals surface area contributed by atoms with Gasteiger partial charge in [-0.15, -0.1) is 10.2 Å². The fourth-order valence-corrected chi connectivity index (χ4v) is 3.48. The van der Waals surface area contributed by atoms with Crippen LogP contribution in [0.2, 0.25) is 0 Å². The molecule has 0 saturated heterocycles. The molecule has 2 N–H and O–H groups in total. The Morgan fingerprint density at radius 2 is 2.22 bits per heavy atom. The first-order chi connectivity index (χ1) is 8.41. The zero-order chi connectivity index (χ0) is 13.3. The van der Waals surface area contributed by atoms with E-state index in [1.165, 1.54) is 17.6 Å². The highest BCUT2D eigenvalue weighted by Gasteiger charge is 2.26. The first-order valence-electron chi connectivity index (χ1n) is 4.99. The maximum absolute atomic E-state index is 12.1. The summed E-state index contributed by atoms with van der Waals surface area (Å²) in [5.74, 6) is 0.689. The molecular formula is C9H12N4O3S2. The standard InChI is InChI=1S/C9H12N4O3S2/c1-6-7(3-4-16-6)5-13(2)18(14,15)9-12-11-8(10)17-9/h3-4H,5H2,1-2H3,(H2,10,11). The third kappa shape index (κ3) is 2.37. The molecule has 7 nitrogen and oxygen atoms in total. The Morgan fingerprint density at radius 1 is 1.50 bits per heavy atom. The van der Waals surface area contributed by atoms with Crippen LogP contribution >= 0.6 is 11.3 Å². The number of aromatic nitrogens is 2. The molecule has 98 valence electrons. The van der Waals surface area contributed by atoms with Crippen LogP contribution in [0.5, 0.6) is 0 Å². The lowest BCUT2D eigenvalue weighted by Gasteiger charge is -2.14. The third-order valence-electron chi connectivity index (χ3n) is 2.41. The number of hydrogen-bond donors (Lipinski definition) is 1. The summed E-state index contributed by atoms with van der Waals surface area (Å²) in [6, 6.07) is 1.73. The van der Waals surface area contributed by atoms with E-state index in [1.807, 2.05) is 0 Å². The van der Waals surface area contributed by atoms with Crippen molar-refractivity contribution in [3.05, 3.63) is 23.7 Å². The van der Waals surface area contributed by atoms with E-state index >= 15 is 0 Å². The molecule has 0 fully saturated rings. The number of anilines is 1. The van der Waals surface area contributed by atoms with Gasteiger partial charge >= 0.3 is 0 Å². The largest absolute Gasteiger partial charge is 0.469 e. The highest BCUT2D eigenvalue weighted by Crippen LogP contribution is 2.22. The number of nitrogens with zero attached hydrogens (tertiary/aromatic N) is 3. The lowest BCUT2D eigenvalue weighted by molar-refractivity contribution is 0.458. The van der Waals surface area contributed by atoms with Crippen molar-refractivity contribution in [1.29, 1.82) is 0 Å². The van der Waals surface area contributed by atoms with Crippen LogP contribution in [-0.4, -0.2) is 30.0 Å². The van der Waals surface area contributed by atoms with Crippen molar-refractivity contribution in [2.75, 3.05) is 12.8 Å². The molecule has 9 heteroatoms. The summed E-state index contributed by atoms with van der Waals surface area (Å²) in [5, 5.41) is 7.18. The predicted octanol–water partition coefficient (Wildman–Crippen LogP) is 0.842. The van der Waals surface area contributed by atoms with Gasteiger partial charge in [-0.2, -0.15) is 4.31 Å². The topological polar surface area (TPSA) is 102 Å². The maximum Gasteiger partial charge on any atom is 0.272 e. The van der Waals surface area contributed by atoms with E-state index in [0.29, 0.717) is 5.76 Å². The van der Waals surface area contributed by atoms with Crippen LogP contribution in [0, 0.1) is 6.92 Å². The van der Waals surface area contributed by atoms with E-state index in [9.17, 15) is 8.42 Å². The zero-order valence-electron chi connectivity index (χ0n) is 9.82. The molecule has 0 amide bonds. The number of sulfonamides is 1. The van der Waals surface area contributed by atoms with Gasteiger partial charge in [0.15, 0.2) is 0 Å².